The first-order valence-electron chi connectivity index (χ1n) is 6.07. The molecule has 0 aliphatic carbocycles. The normalized spacial score (nSPS) is 11.6. The van der Waals surface area contributed by atoms with Crippen LogP contribution in [0.15, 0.2) is 42.7 Å². The van der Waals surface area contributed by atoms with Gasteiger partial charge in [0.25, 0.3) is 0 Å². The molecule has 0 amide bonds. The van der Waals surface area contributed by atoms with Crippen molar-refractivity contribution in [3.63, 3.8) is 0 Å². The zero-order chi connectivity index (χ0) is 15.7. The molecule has 0 aliphatic heterocycles. The van der Waals surface area contributed by atoms with Crippen molar-refractivity contribution in [2.24, 2.45) is 0 Å². The maximum atomic E-state index is 12.1. The lowest BCUT2D eigenvalue weighted by atomic mass is 10.3. The van der Waals surface area contributed by atoms with Gasteiger partial charge >= 0.3 is 6.36 Å². The zero-order valence-corrected chi connectivity index (χ0v) is 11.6. The topological polar surface area (TPSA) is 47.1 Å². The van der Waals surface area contributed by atoms with Gasteiger partial charge in [-0.15, -0.1) is 13.2 Å². The van der Waals surface area contributed by atoms with Gasteiger partial charge in [-0.2, -0.15) is 0 Å². The molecule has 114 valence electrons. The van der Waals surface area contributed by atoms with Crippen molar-refractivity contribution in [1.29, 1.82) is 0 Å². The summed E-state index contributed by atoms with van der Waals surface area (Å²) in [4.78, 5) is 6.98. The van der Waals surface area contributed by atoms with E-state index in [9.17, 15) is 13.2 Å². The number of imidazole rings is 1. The molecule has 0 radical (unpaired) electrons. The molecule has 0 spiro atoms. The average Bonchev–Trinajstić information content (AvgIpc) is 2.87. The summed E-state index contributed by atoms with van der Waals surface area (Å²) in [6.07, 6.45) is -3.20. The van der Waals surface area contributed by atoms with Crippen molar-refractivity contribution in [3.05, 3.63) is 47.7 Å². The Labute approximate surface area is 127 Å². The van der Waals surface area contributed by atoms with Crippen LogP contribution in [0, 0.1) is 0 Å². The van der Waals surface area contributed by atoms with Crippen LogP contribution in [0.2, 0.25) is 5.02 Å². The molecule has 0 atom stereocenters. The Bertz CT molecular complexity index is 800. The predicted octanol–water partition coefficient (Wildman–Crippen LogP) is 4.91. The van der Waals surface area contributed by atoms with Gasteiger partial charge in [-0.1, -0.05) is 11.6 Å². The molecule has 0 unspecified atom stereocenters. The maximum Gasteiger partial charge on any atom is 0.573 e. The SMILES string of the molecule is FC(F)(F)Oc1ccc(Oc2cc3nc[nH]c3cc2Cl)cc1. The van der Waals surface area contributed by atoms with Crippen LogP contribution in [0.5, 0.6) is 17.2 Å². The number of fused-ring (bicyclic) bond motifs is 1. The fourth-order valence-electron chi connectivity index (χ4n) is 1.85. The van der Waals surface area contributed by atoms with Crippen molar-refractivity contribution in [2.45, 2.75) is 6.36 Å². The Morgan fingerprint density at radius 1 is 1.05 bits per heavy atom. The molecular formula is C14H8ClF3N2O2. The molecule has 0 bridgehead atoms. The Balaban J connectivity index is 1.81. The third kappa shape index (κ3) is 3.25. The van der Waals surface area contributed by atoms with Crippen molar-refractivity contribution in [2.75, 3.05) is 0 Å². The third-order valence-electron chi connectivity index (χ3n) is 2.76. The van der Waals surface area contributed by atoms with Crippen molar-refractivity contribution < 1.29 is 22.6 Å². The lowest BCUT2D eigenvalue weighted by molar-refractivity contribution is -0.274. The van der Waals surface area contributed by atoms with Gasteiger partial charge in [-0.05, 0) is 30.3 Å². The van der Waals surface area contributed by atoms with Crippen LogP contribution < -0.4 is 9.47 Å². The van der Waals surface area contributed by atoms with Crippen molar-refractivity contribution >= 4 is 22.6 Å². The smallest absolute Gasteiger partial charge is 0.456 e. The summed E-state index contributed by atoms with van der Waals surface area (Å²) in [5, 5.41) is 0.354. The standard InChI is InChI=1S/C14H8ClF3N2O2/c15-10-5-11-12(20-7-19-11)6-13(10)21-8-1-3-9(4-2-8)22-14(16,17)18/h1-7H,(H,19,20). The summed E-state index contributed by atoms with van der Waals surface area (Å²) in [7, 11) is 0. The molecule has 3 aromatic rings. The van der Waals surface area contributed by atoms with E-state index < -0.39 is 6.36 Å². The van der Waals surface area contributed by atoms with Gasteiger partial charge in [0, 0.05) is 6.07 Å². The zero-order valence-electron chi connectivity index (χ0n) is 10.8. The number of alkyl halides is 3. The molecule has 3 rings (SSSR count). The number of hydrogen-bond acceptors (Lipinski definition) is 3. The molecule has 0 saturated carbocycles. The van der Waals surface area contributed by atoms with E-state index in [1.54, 1.807) is 12.1 Å². The van der Waals surface area contributed by atoms with Crippen LogP contribution in [0.1, 0.15) is 0 Å². The monoisotopic (exact) mass is 328 g/mol. The molecule has 0 aliphatic rings. The van der Waals surface area contributed by atoms with Gasteiger partial charge in [0.2, 0.25) is 0 Å². The van der Waals surface area contributed by atoms with Crippen LogP contribution in [0.3, 0.4) is 0 Å². The second kappa shape index (κ2) is 5.42. The van der Waals surface area contributed by atoms with Crippen LogP contribution >= 0.6 is 11.6 Å². The maximum absolute atomic E-state index is 12.1. The van der Waals surface area contributed by atoms with Crippen LogP contribution in [0.25, 0.3) is 11.0 Å². The first-order chi connectivity index (χ1) is 10.4. The van der Waals surface area contributed by atoms with E-state index in [0.29, 0.717) is 22.0 Å². The summed E-state index contributed by atoms with van der Waals surface area (Å²) >= 11 is 6.08. The van der Waals surface area contributed by atoms with E-state index in [1.165, 1.54) is 18.5 Å². The quantitative estimate of drug-likeness (QED) is 0.743. The highest BCUT2D eigenvalue weighted by atomic mass is 35.5. The number of aromatic amines is 1. The van der Waals surface area contributed by atoms with Crippen LogP contribution in [-0.2, 0) is 0 Å². The minimum atomic E-state index is -4.73. The van der Waals surface area contributed by atoms with E-state index in [0.717, 1.165) is 17.6 Å². The van der Waals surface area contributed by atoms with Crippen molar-refractivity contribution in [3.8, 4) is 17.2 Å². The van der Waals surface area contributed by atoms with Gasteiger partial charge in [0.1, 0.15) is 17.2 Å². The Morgan fingerprint density at radius 2 is 1.73 bits per heavy atom. The molecule has 1 N–H and O–H groups in total. The van der Waals surface area contributed by atoms with E-state index in [4.69, 9.17) is 16.3 Å². The molecule has 2 aromatic carbocycles. The van der Waals surface area contributed by atoms with Gasteiger partial charge in [-0.3, -0.25) is 0 Å². The minimum absolute atomic E-state index is 0.325. The molecule has 1 aromatic heterocycles. The number of aromatic nitrogens is 2. The highest BCUT2D eigenvalue weighted by Crippen LogP contribution is 2.33. The lowest BCUT2D eigenvalue weighted by Gasteiger charge is -2.10. The molecular weight excluding hydrogens is 321 g/mol. The van der Waals surface area contributed by atoms with E-state index >= 15 is 0 Å². The number of rotatable bonds is 3. The van der Waals surface area contributed by atoms with Gasteiger partial charge in [0.15, 0.2) is 0 Å². The second-order valence-corrected chi connectivity index (χ2v) is 4.73. The fraction of sp³-hybridized carbons (Fsp3) is 0.0714. The molecule has 0 fully saturated rings. The number of nitrogens with zero attached hydrogens (tertiary/aromatic N) is 1. The van der Waals surface area contributed by atoms with Gasteiger partial charge < -0.3 is 14.5 Å². The molecule has 8 heteroatoms. The number of benzene rings is 2. The van der Waals surface area contributed by atoms with Crippen molar-refractivity contribution in [1.82, 2.24) is 9.97 Å². The second-order valence-electron chi connectivity index (χ2n) is 4.32. The highest BCUT2D eigenvalue weighted by molar-refractivity contribution is 6.32. The molecule has 22 heavy (non-hydrogen) atoms. The van der Waals surface area contributed by atoms with E-state index in [-0.39, 0.29) is 5.75 Å². The Morgan fingerprint density at radius 3 is 2.41 bits per heavy atom. The van der Waals surface area contributed by atoms with Gasteiger partial charge in [0.05, 0.1) is 22.4 Å². The van der Waals surface area contributed by atoms with E-state index in [1.807, 2.05) is 0 Å². The van der Waals surface area contributed by atoms with E-state index in [2.05, 4.69) is 14.7 Å². The first-order valence-corrected chi connectivity index (χ1v) is 6.45. The Kier molecular flexibility index (Phi) is 3.58. The summed E-state index contributed by atoms with van der Waals surface area (Å²) in [6, 6.07) is 8.31. The summed E-state index contributed by atoms with van der Waals surface area (Å²) < 4.78 is 45.6. The summed E-state index contributed by atoms with van der Waals surface area (Å²) in [5.41, 5.74) is 1.42. The van der Waals surface area contributed by atoms with Gasteiger partial charge in [-0.25, -0.2) is 4.98 Å². The summed E-state index contributed by atoms with van der Waals surface area (Å²) in [5.74, 6) is 0.353. The molecule has 0 saturated heterocycles. The van der Waals surface area contributed by atoms with Crippen LogP contribution in [-0.4, -0.2) is 16.3 Å². The number of nitrogens with one attached hydrogen (secondary N) is 1. The number of halogens is 4. The average molecular weight is 329 g/mol. The fourth-order valence-corrected chi connectivity index (χ4v) is 2.05. The summed E-state index contributed by atoms with van der Waals surface area (Å²) in [6.45, 7) is 0. The largest absolute Gasteiger partial charge is 0.573 e. The number of ether oxygens (including phenoxy) is 2. The number of H-pyrrole nitrogens is 1. The minimum Gasteiger partial charge on any atom is -0.456 e. The highest BCUT2D eigenvalue weighted by Gasteiger charge is 2.30. The molecule has 4 nitrogen and oxygen atoms in total. The lowest BCUT2D eigenvalue weighted by Crippen LogP contribution is -2.16. The Hall–Kier alpha value is -2.41. The van der Waals surface area contributed by atoms with Crippen LogP contribution in [0.4, 0.5) is 13.2 Å². The first kappa shape index (κ1) is 14.5. The number of hydrogen-bond donors (Lipinski definition) is 1. The molecule has 1 heterocycles. The predicted molar refractivity (Wildman–Crippen MR) is 74.3 cm³/mol. The third-order valence-corrected chi connectivity index (χ3v) is 3.05.